The van der Waals surface area contributed by atoms with Crippen molar-refractivity contribution < 1.29 is 14.7 Å². The van der Waals surface area contributed by atoms with Crippen molar-refractivity contribution in [3.63, 3.8) is 0 Å². The molecule has 0 bridgehead atoms. The number of aliphatic carboxylic acids is 1. The van der Waals surface area contributed by atoms with Crippen LogP contribution in [0.1, 0.15) is 17.5 Å². The summed E-state index contributed by atoms with van der Waals surface area (Å²) in [7, 11) is 0. The Morgan fingerprint density at radius 1 is 1.53 bits per heavy atom. The number of carbonyl (C=O) groups excluding carboxylic acids is 1. The maximum Gasteiger partial charge on any atom is 0.312 e. The molecule has 0 aliphatic heterocycles. The van der Waals surface area contributed by atoms with Crippen molar-refractivity contribution in [2.24, 2.45) is 0 Å². The predicted molar refractivity (Wildman–Crippen MR) is 53.1 cm³/mol. The lowest BCUT2D eigenvalue weighted by molar-refractivity contribution is -0.140. The number of aromatic nitrogens is 1. The molecule has 1 amide bonds. The third kappa shape index (κ3) is 3.76. The van der Waals surface area contributed by atoms with E-state index in [9.17, 15) is 9.59 Å². The molecule has 1 heterocycles. The van der Waals surface area contributed by atoms with E-state index in [1.165, 1.54) is 0 Å². The quantitative estimate of drug-likeness (QED) is 0.705. The van der Waals surface area contributed by atoms with E-state index in [2.05, 4.69) is 10.3 Å². The highest BCUT2D eigenvalue weighted by Gasteiger charge is 2.07. The van der Waals surface area contributed by atoms with Gasteiger partial charge in [-0.2, -0.15) is 0 Å². The zero-order chi connectivity index (χ0) is 11.3. The summed E-state index contributed by atoms with van der Waals surface area (Å²) >= 11 is 0. The van der Waals surface area contributed by atoms with Crippen LogP contribution in [0.3, 0.4) is 0 Å². The first kappa shape index (κ1) is 11.2. The molecule has 0 radical (unpaired) electrons. The molecule has 0 aromatic carbocycles. The van der Waals surface area contributed by atoms with Gasteiger partial charge in [0.1, 0.15) is 6.42 Å². The number of carbonyl (C=O) groups is 2. The van der Waals surface area contributed by atoms with Crippen LogP contribution < -0.4 is 5.32 Å². The summed E-state index contributed by atoms with van der Waals surface area (Å²) in [6, 6.07) is 1.83. The number of aryl methyl sites for hydroxylation is 1. The number of hydrogen-bond acceptors (Lipinski definition) is 3. The van der Waals surface area contributed by atoms with Crippen LogP contribution >= 0.6 is 0 Å². The van der Waals surface area contributed by atoms with Crippen molar-refractivity contribution >= 4 is 11.9 Å². The molecule has 2 N–H and O–H groups in total. The zero-order valence-electron chi connectivity index (χ0n) is 8.36. The van der Waals surface area contributed by atoms with Crippen LogP contribution in [-0.2, 0) is 16.1 Å². The summed E-state index contributed by atoms with van der Waals surface area (Å²) in [6.07, 6.45) is 2.81. The first-order chi connectivity index (χ1) is 7.09. The van der Waals surface area contributed by atoms with Crippen molar-refractivity contribution in [3.8, 4) is 0 Å². The number of nitrogens with one attached hydrogen (secondary N) is 1. The number of rotatable bonds is 4. The molecule has 1 aromatic rings. The lowest BCUT2D eigenvalue weighted by Gasteiger charge is -2.05. The first-order valence-corrected chi connectivity index (χ1v) is 4.47. The van der Waals surface area contributed by atoms with Crippen molar-refractivity contribution in [3.05, 3.63) is 29.6 Å². The van der Waals surface area contributed by atoms with Gasteiger partial charge in [0.05, 0.1) is 0 Å². The Balaban J connectivity index is 2.47. The fourth-order valence-electron chi connectivity index (χ4n) is 1.08. The first-order valence-electron chi connectivity index (χ1n) is 4.47. The molecule has 1 aromatic heterocycles. The van der Waals surface area contributed by atoms with Gasteiger partial charge in [-0.05, 0) is 24.1 Å². The summed E-state index contributed by atoms with van der Waals surface area (Å²) in [5, 5.41) is 10.9. The second-order valence-corrected chi connectivity index (χ2v) is 3.15. The molecule has 80 valence electrons. The van der Waals surface area contributed by atoms with Gasteiger partial charge < -0.3 is 10.4 Å². The topological polar surface area (TPSA) is 79.3 Å². The number of hydrogen-bond donors (Lipinski definition) is 2. The fraction of sp³-hybridized carbons (Fsp3) is 0.300. The molecule has 0 fully saturated rings. The summed E-state index contributed by atoms with van der Waals surface area (Å²) in [4.78, 5) is 25.2. The molecule has 0 aliphatic carbocycles. The molecule has 0 atom stereocenters. The minimum Gasteiger partial charge on any atom is -0.481 e. The average Bonchev–Trinajstić information content (AvgIpc) is 2.15. The Hall–Kier alpha value is -1.91. The van der Waals surface area contributed by atoms with Gasteiger partial charge in [-0.3, -0.25) is 14.6 Å². The van der Waals surface area contributed by atoms with E-state index in [1.807, 2.05) is 13.0 Å². The molecule has 0 unspecified atom stereocenters. The van der Waals surface area contributed by atoms with Crippen molar-refractivity contribution in [2.75, 3.05) is 0 Å². The van der Waals surface area contributed by atoms with E-state index in [0.29, 0.717) is 6.54 Å². The Kier molecular flexibility index (Phi) is 3.79. The summed E-state index contributed by atoms with van der Waals surface area (Å²) in [6.45, 7) is 2.21. The minimum absolute atomic E-state index is 0.311. The molecule has 5 nitrogen and oxygen atoms in total. The van der Waals surface area contributed by atoms with Gasteiger partial charge in [-0.15, -0.1) is 0 Å². The average molecular weight is 208 g/mol. The van der Waals surface area contributed by atoms with Crippen LogP contribution in [0.2, 0.25) is 0 Å². The Morgan fingerprint density at radius 2 is 2.27 bits per heavy atom. The second kappa shape index (κ2) is 5.09. The highest BCUT2D eigenvalue weighted by Crippen LogP contribution is 2.03. The highest BCUT2D eigenvalue weighted by atomic mass is 16.4. The number of pyridine rings is 1. The highest BCUT2D eigenvalue weighted by molar-refractivity contribution is 5.93. The van der Waals surface area contributed by atoms with E-state index < -0.39 is 18.3 Å². The van der Waals surface area contributed by atoms with Crippen LogP contribution in [0.25, 0.3) is 0 Å². The fourth-order valence-corrected chi connectivity index (χ4v) is 1.08. The molecular formula is C10H12N2O3. The van der Waals surface area contributed by atoms with E-state index in [1.54, 1.807) is 12.4 Å². The normalized spacial score (nSPS) is 9.67. The molecule has 0 spiro atoms. The van der Waals surface area contributed by atoms with Crippen LogP contribution in [0.15, 0.2) is 18.5 Å². The molecule has 1 rings (SSSR count). The maximum atomic E-state index is 11.0. The Bertz CT molecular complexity index is 377. The summed E-state index contributed by atoms with van der Waals surface area (Å²) in [5.74, 6) is -1.62. The molecular weight excluding hydrogens is 196 g/mol. The van der Waals surface area contributed by atoms with Crippen LogP contribution in [0.4, 0.5) is 0 Å². The number of nitrogens with zero attached hydrogens (tertiary/aromatic N) is 1. The van der Waals surface area contributed by atoms with Crippen LogP contribution in [0, 0.1) is 6.92 Å². The Labute approximate surface area is 87.1 Å². The van der Waals surface area contributed by atoms with Crippen LogP contribution in [0.5, 0.6) is 0 Å². The smallest absolute Gasteiger partial charge is 0.312 e. The van der Waals surface area contributed by atoms with Gasteiger partial charge >= 0.3 is 5.97 Å². The summed E-state index contributed by atoms with van der Waals surface area (Å²) < 4.78 is 0. The number of amides is 1. The van der Waals surface area contributed by atoms with E-state index in [-0.39, 0.29) is 0 Å². The van der Waals surface area contributed by atoms with E-state index >= 15 is 0 Å². The van der Waals surface area contributed by atoms with E-state index in [4.69, 9.17) is 5.11 Å². The van der Waals surface area contributed by atoms with Gasteiger partial charge in [0.2, 0.25) is 5.91 Å². The third-order valence-corrected chi connectivity index (χ3v) is 1.94. The molecule has 0 aliphatic rings. The SMILES string of the molecule is Cc1ccncc1CNC(=O)CC(=O)O. The van der Waals surface area contributed by atoms with Crippen LogP contribution in [-0.4, -0.2) is 22.0 Å². The molecule has 0 saturated heterocycles. The summed E-state index contributed by atoms with van der Waals surface area (Å²) in [5.41, 5.74) is 1.90. The van der Waals surface area contributed by atoms with Crippen molar-refractivity contribution in [1.29, 1.82) is 0 Å². The second-order valence-electron chi connectivity index (χ2n) is 3.15. The van der Waals surface area contributed by atoms with Crippen molar-refractivity contribution in [2.45, 2.75) is 19.9 Å². The molecule has 5 heteroatoms. The van der Waals surface area contributed by atoms with Gasteiger partial charge in [-0.25, -0.2) is 0 Å². The largest absolute Gasteiger partial charge is 0.481 e. The number of carboxylic acids is 1. The molecule has 0 saturated carbocycles. The van der Waals surface area contributed by atoms with E-state index in [0.717, 1.165) is 11.1 Å². The minimum atomic E-state index is -1.13. The monoisotopic (exact) mass is 208 g/mol. The van der Waals surface area contributed by atoms with Gasteiger partial charge in [0.15, 0.2) is 0 Å². The van der Waals surface area contributed by atoms with Gasteiger partial charge in [0.25, 0.3) is 0 Å². The molecule has 15 heavy (non-hydrogen) atoms. The lowest BCUT2D eigenvalue weighted by atomic mass is 10.1. The predicted octanol–water partition coefficient (Wildman–Crippen LogP) is 0.481. The zero-order valence-corrected chi connectivity index (χ0v) is 8.36. The number of carboxylic acid groups (broad SMARTS) is 1. The maximum absolute atomic E-state index is 11.0. The standard InChI is InChI=1S/C10H12N2O3/c1-7-2-3-11-5-8(7)6-12-9(13)4-10(14)15/h2-3,5H,4,6H2,1H3,(H,12,13)(H,14,15). The lowest BCUT2D eigenvalue weighted by Crippen LogP contribution is -2.25. The van der Waals surface area contributed by atoms with Gasteiger partial charge in [0, 0.05) is 18.9 Å². The Morgan fingerprint density at radius 3 is 2.87 bits per heavy atom. The third-order valence-electron chi connectivity index (χ3n) is 1.94. The van der Waals surface area contributed by atoms with Gasteiger partial charge in [-0.1, -0.05) is 0 Å². The van der Waals surface area contributed by atoms with Crippen molar-refractivity contribution in [1.82, 2.24) is 10.3 Å².